The molecule has 4 heteroatoms. The van der Waals surface area contributed by atoms with Crippen LogP contribution in [0, 0.1) is 3.57 Å². The maximum Gasteiger partial charge on any atom is 0.133 e. The van der Waals surface area contributed by atoms with E-state index in [0.29, 0.717) is 6.61 Å². The fourth-order valence-corrected chi connectivity index (χ4v) is 3.05. The molecular formula is C18H14INO2. The van der Waals surface area contributed by atoms with Gasteiger partial charge in [0.2, 0.25) is 0 Å². The van der Waals surface area contributed by atoms with Crippen molar-refractivity contribution in [1.29, 1.82) is 0 Å². The van der Waals surface area contributed by atoms with Gasteiger partial charge in [0.15, 0.2) is 0 Å². The summed E-state index contributed by atoms with van der Waals surface area (Å²) in [7, 11) is 0. The zero-order valence-electron chi connectivity index (χ0n) is 11.7. The Labute approximate surface area is 142 Å². The van der Waals surface area contributed by atoms with Crippen molar-refractivity contribution in [2.75, 3.05) is 0 Å². The molecule has 3 nitrogen and oxygen atoms in total. The summed E-state index contributed by atoms with van der Waals surface area (Å²) in [5.74, 6) is 0.823. The molecule has 110 valence electrons. The van der Waals surface area contributed by atoms with Crippen molar-refractivity contribution in [3.63, 3.8) is 0 Å². The van der Waals surface area contributed by atoms with Crippen LogP contribution in [0.5, 0.6) is 5.75 Å². The van der Waals surface area contributed by atoms with Crippen molar-refractivity contribution in [1.82, 2.24) is 0 Å². The minimum Gasteiger partial charge on any atom is -0.488 e. The highest BCUT2D eigenvalue weighted by Gasteiger charge is 2.05. The summed E-state index contributed by atoms with van der Waals surface area (Å²) in [4.78, 5) is 0. The van der Waals surface area contributed by atoms with Gasteiger partial charge in [-0.1, -0.05) is 47.6 Å². The van der Waals surface area contributed by atoms with Crippen molar-refractivity contribution in [2.45, 2.75) is 6.61 Å². The molecule has 0 fully saturated rings. The van der Waals surface area contributed by atoms with Gasteiger partial charge in [0.1, 0.15) is 12.4 Å². The summed E-state index contributed by atoms with van der Waals surface area (Å²) >= 11 is 2.22. The summed E-state index contributed by atoms with van der Waals surface area (Å²) < 4.78 is 6.93. The minimum atomic E-state index is 0.519. The van der Waals surface area contributed by atoms with Crippen LogP contribution in [0.1, 0.15) is 11.1 Å². The van der Waals surface area contributed by atoms with Gasteiger partial charge in [-0.15, -0.1) is 0 Å². The largest absolute Gasteiger partial charge is 0.488 e. The number of rotatable bonds is 4. The van der Waals surface area contributed by atoms with Crippen LogP contribution < -0.4 is 4.74 Å². The molecule has 0 amide bonds. The third-order valence-corrected chi connectivity index (χ3v) is 4.27. The second kappa shape index (κ2) is 6.79. The van der Waals surface area contributed by atoms with Gasteiger partial charge in [0.25, 0.3) is 0 Å². The van der Waals surface area contributed by atoms with Crippen LogP contribution in [0.3, 0.4) is 0 Å². The SMILES string of the molecule is O/N=C\c1ccc(OCc2cccc3ccccc23)c(I)c1. The molecule has 0 aliphatic heterocycles. The van der Waals surface area contributed by atoms with E-state index >= 15 is 0 Å². The maximum atomic E-state index is 8.57. The minimum absolute atomic E-state index is 0.519. The van der Waals surface area contributed by atoms with Gasteiger partial charge >= 0.3 is 0 Å². The molecule has 0 heterocycles. The normalized spacial score (nSPS) is 11.1. The van der Waals surface area contributed by atoms with Crippen molar-refractivity contribution < 1.29 is 9.94 Å². The number of oxime groups is 1. The summed E-state index contributed by atoms with van der Waals surface area (Å²) in [5.41, 5.74) is 2.00. The van der Waals surface area contributed by atoms with Crippen LogP contribution in [-0.4, -0.2) is 11.4 Å². The number of nitrogens with zero attached hydrogens (tertiary/aromatic N) is 1. The standard InChI is InChI=1S/C18H14INO2/c19-17-10-13(11-20-21)8-9-18(17)22-12-15-6-3-5-14-4-1-2-7-16(14)15/h1-11,21H,12H2/b20-11-. The van der Waals surface area contributed by atoms with E-state index in [4.69, 9.17) is 9.94 Å². The Morgan fingerprint density at radius 3 is 2.68 bits per heavy atom. The fraction of sp³-hybridized carbons (Fsp3) is 0.0556. The van der Waals surface area contributed by atoms with Gasteiger partial charge in [-0.25, -0.2) is 0 Å². The average Bonchev–Trinajstić information content (AvgIpc) is 2.54. The van der Waals surface area contributed by atoms with Gasteiger partial charge in [-0.2, -0.15) is 0 Å². The molecule has 0 radical (unpaired) electrons. The first-order valence-corrected chi connectivity index (χ1v) is 7.92. The third-order valence-electron chi connectivity index (χ3n) is 3.43. The second-order valence-corrected chi connectivity index (χ2v) is 6.02. The molecule has 0 atom stereocenters. The molecule has 0 saturated heterocycles. The number of benzene rings is 3. The lowest BCUT2D eigenvalue weighted by atomic mass is 10.1. The summed E-state index contributed by atoms with van der Waals surface area (Å²) in [6, 6.07) is 20.2. The van der Waals surface area contributed by atoms with E-state index in [-0.39, 0.29) is 0 Å². The Hall–Kier alpha value is -2.08. The van der Waals surface area contributed by atoms with E-state index in [0.717, 1.165) is 20.4 Å². The van der Waals surface area contributed by atoms with Gasteiger partial charge in [0.05, 0.1) is 9.78 Å². The Kier molecular flexibility index (Phi) is 4.58. The van der Waals surface area contributed by atoms with Gasteiger partial charge in [0, 0.05) is 0 Å². The molecule has 0 aliphatic rings. The Morgan fingerprint density at radius 1 is 1.05 bits per heavy atom. The van der Waals surface area contributed by atoms with Crippen LogP contribution in [0.2, 0.25) is 0 Å². The Morgan fingerprint density at radius 2 is 1.86 bits per heavy atom. The molecule has 0 aliphatic carbocycles. The predicted molar refractivity (Wildman–Crippen MR) is 96.8 cm³/mol. The number of ether oxygens (including phenoxy) is 1. The molecular weight excluding hydrogens is 389 g/mol. The van der Waals surface area contributed by atoms with Crippen molar-refractivity contribution >= 4 is 39.6 Å². The summed E-state index contributed by atoms with van der Waals surface area (Å²) in [6.07, 6.45) is 1.40. The summed E-state index contributed by atoms with van der Waals surface area (Å²) in [6.45, 7) is 0.519. The van der Waals surface area contributed by atoms with Gasteiger partial charge < -0.3 is 9.94 Å². The smallest absolute Gasteiger partial charge is 0.133 e. The van der Waals surface area contributed by atoms with E-state index in [1.165, 1.54) is 17.0 Å². The van der Waals surface area contributed by atoms with Crippen molar-refractivity contribution in [3.8, 4) is 5.75 Å². The molecule has 0 unspecified atom stereocenters. The first kappa shape index (κ1) is 14.8. The first-order valence-electron chi connectivity index (χ1n) is 6.84. The van der Waals surface area contributed by atoms with E-state index in [2.05, 4.69) is 52.0 Å². The zero-order chi connectivity index (χ0) is 15.4. The molecule has 3 rings (SSSR count). The van der Waals surface area contributed by atoms with Crippen LogP contribution in [0.15, 0.2) is 65.8 Å². The highest BCUT2D eigenvalue weighted by Crippen LogP contribution is 2.24. The molecule has 3 aromatic carbocycles. The lowest BCUT2D eigenvalue weighted by Crippen LogP contribution is -1.98. The van der Waals surface area contributed by atoms with Crippen LogP contribution >= 0.6 is 22.6 Å². The second-order valence-electron chi connectivity index (χ2n) is 4.86. The van der Waals surface area contributed by atoms with E-state index in [9.17, 15) is 0 Å². The molecule has 1 N–H and O–H groups in total. The van der Waals surface area contributed by atoms with Gasteiger partial charge in [-0.05, 0) is 62.7 Å². The molecule has 22 heavy (non-hydrogen) atoms. The van der Waals surface area contributed by atoms with Crippen molar-refractivity contribution in [2.24, 2.45) is 5.16 Å². The summed E-state index contributed by atoms with van der Waals surface area (Å²) in [5, 5.41) is 14.0. The highest BCUT2D eigenvalue weighted by molar-refractivity contribution is 14.1. The van der Waals surface area contributed by atoms with E-state index in [1.807, 2.05) is 36.4 Å². The topological polar surface area (TPSA) is 41.8 Å². The Bertz CT molecular complexity index is 825. The van der Waals surface area contributed by atoms with Crippen LogP contribution in [-0.2, 0) is 6.61 Å². The Balaban J connectivity index is 1.82. The highest BCUT2D eigenvalue weighted by atomic mass is 127. The van der Waals surface area contributed by atoms with Crippen LogP contribution in [0.4, 0.5) is 0 Å². The van der Waals surface area contributed by atoms with E-state index in [1.54, 1.807) is 0 Å². The maximum absolute atomic E-state index is 8.57. The fourth-order valence-electron chi connectivity index (χ4n) is 2.35. The van der Waals surface area contributed by atoms with Crippen LogP contribution in [0.25, 0.3) is 10.8 Å². The van der Waals surface area contributed by atoms with Gasteiger partial charge in [-0.3, -0.25) is 0 Å². The zero-order valence-corrected chi connectivity index (χ0v) is 13.9. The van der Waals surface area contributed by atoms with E-state index < -0.39 is 0 Å². The predicted octanol–water partition coefficient (Wildman–Crippen LogP) is 4.83. The quantitative estimate of drug-likeness (QED) is 0.294. The molecule has 0 aromatic heterocycles. The third kappa shape index (κ3) is 3.22. The van der Waals surface area contributed by atoms with Crippen molar-refractivity contribution in [3.05, 3.63) is 75.4 Å². The number of hydrogen-bond donors (Lipinski definition) is 1. The first-order chi connectivity index (χ1) is 10.8. The number of fused-ring (bicyclic) bond motifs is 1. The monoisotopic (exact) mass is 403 g/mol. The number of halogens is 1. The molecule has 0 spiro atoms. The molecule has 0 bridgehead atoms. The molecule has 3 aromatic rings. The lowest BCUT2D eigenvalue weighted by molar-refractivity contribution is 0.305. The average molecular weight is 403 g/mol. The molecule has 0 saturated carbocycles. The lowest BCUT2D eigenvalue weighted by Gasteiger charge is -2.11. The number of hydrogen-bond acceptors (Lipinski definition) is 3.